The van der Waals surface area contributed by atoms with Crippen molar-refractivity contribution < 1.29 is 9.90 Å². The maximum Gasteiger partial charge on any atom is 0.161 e. The van der Waals surface area contributed by atoms with Gasteiger partial charge in [-0.3, -0.25) is 15.1 Å². The minimum absolute atomic E-state index is 0.0161. The average molecular weight is 515 g/mol. The molecule has 2 N–H and O–H groups in total. The molecule has 182 valence electrons. The number of hydrogen-bond donors (Lipinski definition) is 2. The first kappa shape index (κ1) is 24.4. The third-order valence-corrected chi connectivity index (χ3v) is 7.86. The molecule has 0 radical (unpaired) electrons. The van der Waals surface area contributed by atoms with E-state index in [1.807, 2.05) is 66.6 Å². The van der Waals surface area contributed by atoms with Crippen molar-refractivity contribution in [1.82, 2.24) is 0 Å². The Bertz CT molecular complexity index is 1390. The zero-order valence-electron chi connectivity index (χ0n) is 20.2. The van der Waals surface area contributed by atoms with Gasteiger partial charge in [-0.15, -0.1) is 11.8 Å². The fourth-order valence-corrected chi connectivity index (χ4v) is 5.60. The number of aliphatic hydroxyl groups is 1. The van der Waals surface area contributed by atoms with E-state index in [0.29, 0.717) is 34.6 Å². The van der Waals surface area contributed by atoms with E-state index >= 15 is 0 Å². The summed E-state index contributed by atoms with van der Waals surface area (Å²) in [5, 5.41) is 21.6. The van der Waals surface area contributed by atoms with Gasteiger partial charge in [0.05, 0.1) is 0 Å². The lowest BCUT2D eigenvalue weighted by Crippen LogP contribution is -2.42. The molecular weight excluding hydrogens is 488 g/mol. The Morgan fingerprint density at radius 2 is 1.67 bits per heavy atom. The van der Waals surface area contributed by atoms with Gasteiger partial charge in [0.1, 0.15) is 11.6 Å². The standard InChI is InChI=1S/C30H27ClN2O2S/c1-18-6-14-22(15-7-18)33-24-4-3-5-25(34)27(24)26(19-10-16-23(36-2)17-11-19)28(30(33)32)29(35)20-8-12-21(31)13-9-20/h6-17,26,32,35H,3-5H2,1-2H3/b29-28+,32-30?. The van der Waals surface area contributed by atoms with Gasteiger partial charge in [-0.05, 0) is 80.1 Å². The second-order valence-electron chi connectivity index (χ2n) is 9.13. The number of hydrogen-bond acceptors (Lipinski definition) is 4. The molecule has 1 atom stereocenters. The topological polar surface area (TPSA) is 64.4 Å². The minimum atomic E-state index is -0.534. The van der Waals surface area contributed by atoms with Gasteiger partial charge in [0.25, 0.3) is 0 Å². The van der Waals surface area contributed by atoms with E-state index in [1.165, 1.54) is 0 Å². The molecule has 0 saturated carbocycles. The summed E-state index contributed by atoms with van der Waals surface area (Å²) >= 11 is 7.76. The molecule has 5 rings (SSSR count). The lowest BCUT2D eigenvalue weighted by Gasteiger charge is -2.41. The summed E-state index contributed by atoms with van der Waals surface area (Å²) in [7, 11) is 0. The summed E-state index contributed by atoms with van der Waals surface area (Å²) in [6.45, 7) is 2.02. The number of rotatable bonds is 4. The van der Waals surface area contributed by atoms with Crippen LogP contribution in [0.5, 0.6) is 0 Å². The van der Waals surface area contributed by atoms with Crippen LogP contribution in [0.15, 0.2) is 94.5 Å². The Hall–Kier alpha value is -3.28. The number of carbonyl (C=O) groups is 1. The van der Waals surface area contributed by atoms with Crippen LogP contribution in [0.1, 0.15) is 41.9 Å². The van der Waals surface area contributed by atoms with Crippen molar-refractivity contribution in [2.24, 2.45) is 0 Å². The van der Waals surface area contributed by atoms with Gasteiger partial charge in [-0.2, -0.15) is 0 Å². The van der Waals surface area contributed by atoms with Gasteiger partial charge in [-0.1, -0.05) is 41.4 Å². The molecule has 0 amide bonds. The molecule has 4 nitrogen and oxygen atoms in total. The molecule has 3 aromatic carbocycles. The van der Waals surface area contributed by atoms with E-state index in [1.54, 1.807) is 36.0 Å². The van der Waals surface area contributed by atoms with Gasteiger partial charge >= 0.3 is 0 Å². The number of thioether (sulfide) groups is 1. The molecule has 0 fully saturated rings. The first-order valence-electron chi connectivity index (χ1n) is 11.9. The summed E-state index contributed by atoms with van der Waals surface area (Å²) < 4.78 is 0. The normalized spacial score (nSPS) is 19.4. The molecule has 0 spiro atoms. The molecule has 2 aliphatic rings. The Morgan fingerprint density at radius 1 is 1.00 bits per heavy atom. The lowest BCUT2D eigenvalue weighted by atomic mass is 9.73. The van der Waals surface area contributed by atoms with E-state index in [-0.39, 0.29) is 17.4 Å². The first-order chi connectivity index (χ1) is 17.4. The van der Waals surface area contributed by atoms with Crippen LogP contribution in [0.2, 0.25) is 5.02 Å². The minimum Gasteiger partial charge on any atom is -0.507 e. The molecule has 1 aliphatic heterocycles. The van der Waals surface area contributed by atoms with Crippen LogP contribution in [0.3, 0.4) is 0 Å². The highest BCUT2D eigenvalue weighted by molar-refractivity contribution is 7.98. The number of benzene rings is 3. The third-order valence-electron chi connectivity index (χ3n) is 6.87. The average Bonchev–Trinajstić information content (AvgIpc) is 2.89. The maximum absolute atomic E-state index is 13.5. The van der Waals surface area contributed by atoms with Crippen LogP contribution >= 0.6 is 23.4 Å². The fraction of sp³-hybridized carbons (Fsp3) is 0.200. The van der Waals surface area contributed by atoms with Crippen LogP contribution in [-0.4, -0.2) is 23.0 Å². The van der Waals surface area contributed by atoms with Gasteiger partial charge < -0.3 is 5.11 Å². The molecule has 0 saturated heterocycles. The number of anilines is 1. The molecule has 1 heterocycles. The maximum atomic E-state index is 13.5. The van der Waals surface area contributed by atoms with Crippen LogP contribution < -0.4 is 4.90 Å². The first-order valence-corrected chi connectivity index (χ1v) is 13.5. The number of nitrogens with zero attached hydrogens (tertiary/aromatic N) is 1. The van der Waals surface area contributed by atoms with Crippen LogP contribution in [0.25, 0.3) is 5.76 Å². The molecular formula is C30H27ClN2O2S. The molecule has 1 unspecified atom stereocenters. The second-order valence-corrected chi connectivity index (χ2v) is 10.4. The van der Waals surface area contributed by atoms with Crippen molar-refractivity contribution in [2.75, 3.05) is 11.2 Å². The highest BCUT2D eigenvalue weighted by atomic mass is 35.5. The van der Waals surface area contributed by atoms with Crippen molar-refractivity contribution in [3.63, 3.8) is 0 Å². The summed E-state index contributed by atoms with van der Waals surface area (Å²) in [6, 6.07) is 22.9. The van der Waals surface area contributed by atoms with Gasteiger partial charge in [-0.25, -0.2) is 0 Å². The Balaban J connectivity index is 1.80. The second kappa shape index (κ2) is 10.00. The lowest BCUT2D eigenvalue weighted by molar-refractivity contribution is -0.116. The van der Waals surface area contributed by atoms with Crippen LogP contribution in [-0.2, 0) is 4.79 Å². The number of carbonyl (C=O) groups excluding carboxylic acids is 1. The SMILES string of the molecule is CSc1ccc(C2C3=C(CCCC3=O)N(c3ccc(C)cc3)C(=N)/C2=C(/O)c2ccc(Cl)cc2)cc1. The fourth-order valence-electron chi connectivity index (χ4n) is 5.06. The van der Waals surface area contributed by atoms with Crippen LogP contribution in [0, 0.1) is 12.3 Å². The van der Waals surface area contributed by atoms with Crippen molar-refractivity contribution in [3.8, 4) is 0 Å². The molecule has 0 aromatic heterocycles. The van der Waals surface area contributed by atoms with Gasteiger partial charge in [0.2, 0.25) is 0 Å². The number of halogens is 1. The zero-order valence-corrected chi connectivity index (χ0v) is 21.8. The van der Waals surface area contributed by atoms with E-state index in [9.17, 15) is 15.3 Å². The molecule has 3 aromatic rings. The predicted octanol–water partition coefficient (Wildman–Crippen LogP) is 7.93. The predicted molar refractivity (Wildman–Crippen MR) is 149 cm³/mol. The van der Waals surface area contributed by atoms with Crippen LogP contribution in [0.4, 0.5) is 5.69 Å². The smallest absolute Gasteiger partial charge is 0.161 e. The highest BCUT2D eigenvalue weighted by Gasteiger charge is 2.43. The van der Waals surface area contributed by atoms with Crippen molar-refractivity contribution in [1.29, 1.82) is 5.41 Å². The summed E-state index contributed by atoms with van der Waals surface area (Å²) in [5.74, 6) is -0.300. The quantitative estimate of drug-likeness (QED) is 0.274. The molecule has 6 heteroatoms. The van der Waals surface area contributed by atoms with E-state index < -0.39 is 5.92 Å². The molecule has 1 aliphatic carbocycles. The number of nitrogens with one attached hydrogen (secondary N) is 1. The van der Waals surface area contributed by atoms with Gasteiger partial charge in [0, 0.05) is 50.4 Å². The zero-order chi connectivity index (χ0) is 25.4. The van der Waals surface area contributed by atoms with Gasteiger partial charge in [0.15, 0.2) is 5.78 Å². The summed E-state index contributed by atoms with van der Waals surface area (Å²) in [4.78, 5) is 16.5. The van der Waals surface area contributed by atoms with E-state index in [4.69, 9.17) is 11.6 Å². The number of aliphatic hydroxyl groups excluding tert-OH is 1. The Kier molecular flexibility index (Phi) is 6.78. The number of amidine groups is 1. The Labute approximate surface area is 220 Å². The Morgan fingerprint density at radius 3 is 2.31 bits per heavy atom. The van der Waals surface area contributed by atoms with E-state index in [0.717, 1.165) is 33.8 Å². The monoisotopic (exact) mass is 514 g/mol. The number of aryl methyl sites for hydroxylation is 1. The summed E-state index contributed by atoms with van der Waals surface area (Å²) in [5.41, 5.74) is 5.31. The molecule has 36 heavy (non-hydrogen) atoms. The number of allylic oxidation sites excluding steroid dienone is 2. The van der Waals surface area contributed by atoms with E-state index in [2.05, 4.69) is 0 Å². The highest BCUT2D eigenvalue weighted by Crippen LogP contribution is 2.48. The summed E-state index contributed by atoms with van der Waals surface area (Å²) in [6.07, 6.45) is 3.93. The van der Waals surface area contributed by atoms with Crippen molar-refractivity contribution in [2.45, 2.75) is 37.0 Å². The third kappa shape index (κ3) is 4.38. The van der Waals surface area contributed by atoms with Crippen molar-refractivity contribution >= 4 is 46.4 Å². The molecule has 0 bridgehead atoms. The number of ketones is 1. The largest absolute Gasteiger partial charge is 0.507 e. The van der Waals surface area contributed by atoms with Crippen molar-refractivity contribution in [3.05, 3.63) is 111 Å². The number of Topliss-reactive ketones (excluding diaryl/α,β-unsaturated/α-hetero) is 1.